The van der Waals surface area contributed by atoms with Gasteiger partial charge in [-0.25, -0.2) is 9.59 Å². The number of amides is 2. The van der Waals surface area contributed by atoms with Crippen LogP contribution in [0.4, 0.5) is 10.5 Å². The quantitative estimate of drug-likeness (QED) is 0.568. The summed E-state index contributed by atoms with van der Waals surface area (Å²) in [5.74, 6) is 0.113. The van der Waals surface area contributed by atoms with E-state index in [2.05, 4.69) is 38.1 Å². The number of ether oxygens (including phenoxy) is 2. The highest BCUT2D eigenvalue weighted by molar-refractivity contribution is 5.93. The summed E-state index contributed by atoms with van der Waals surface area (Å²) in [6, 6.07) is 15.4. The minimum atomic E-state index is -0.375. The molecule has 0 spiro atoms. The van der Waals surface area contributed by atoms with Crippen molar-refractivity contribution < 1.29 is 19.1 Å². The molecule has 1 heterocycles. The predicted molar refractivity (Wildman–Crippen MR) is 134 cm³/mol. The zero-order valence-corrected chi connectivity index (χ0v) is 20.1. The third kappa shape index (κ3) is 5.39. The number of rotatable bonds is 5. The molecule has 34 heavy (non-hydrogen) atoms. The lowest BCUT2D eigenvalue weighted by Gasteiger charge is -2.33. The van der Waals surface area contributed by atoms with Gasteiger partial charge in [-0.1, -0.05) is 43.3 Å². The fourth-order valence-electron chi connectivity index (χ4n) is 4.41. The van der Waals surface area contributed by atoms with Crippen LogP contribution in [0.3, 0.4) is 0 Å². The van der Waals surface area contributed by atoms with E-state index in [0.717, 1.165) is 23.2 Å². The topological polar surface area (TPSA) is 59.1 Å². The number of urea groups is 1. The van der Waals surface area contributed by atoms with Crippen LogP contribution in [0.15, 0.2) is 66.3 Å². The van der Waals surface area contributed by atoms with E-state index >= 15 is 0 Å². The summed E-state index contributed by atoms with van der Waals surface area (Å²) in [7, 11) is 1.37. The highest BCUT2D eigenvalue weighted by atomic mass is 16.5. The molecule has 1 saturated heterocycles. The van der Waals surface area contributed by atoms with Gasteiger partial charge >= 0.3 is 12.0 Å². The van der Waals surface area contributed by atoms with E-state index in [1.165, 1.54) is 18.3 Å². The number of morpholine rings is 1. The van der Waals surface area contributed by atoms with Gasteiger partial charge in [0.2, 0.25) is 0 Å². The van der Waals surface area contributed by atoms with Gasteiger partial charge in [0.1, 0.15) is 0 Å². The molecule has 0 bridgehead atoms. The Morgan fingerprint density at radius 2 is 1.85 bits per heavy atom. The van der Waals surface area contributed by atoms with Gasteiger partial charge in [0.05, 0.1) is 32.4 Å². The first kappa shape index (κ1) is 23.8. The Balaban J connectivity index is 1.66. The van der Waals surface area contributed by atoms with Crippen molar-refractivity contribution in [3.8, 4) is 0 Å². The zero-order valence-electron chi connectivity index (χ0n) is 20.1. The minimum absolute atomic E-state index is 0.0416. The molecule has 1 fully saturated rings. The molecule has 4 rings (SSSR count). The maximum absolute atomic E-state index is 13.6. The molecule has 0 aromatic heterocycles. The summed E-state index contributed by atoms with van der Waals surface area (Å²) < 4.78 is 10.3. The lowest BCUT2D eigenvalue weighted by Crippen LogP contribution is -2.48. The molecule has 2 aliphatic rings. The van der Waals surface area contributed by atoms with E-state index in [1.807, 2.05) is 34.1 Å². The second kappa shape index (κ2) is 10.7. The smallest absolute Gasteiger partial charge is 0.337 e. The standard InChI is InChI=1S/C28H32N2O4/c1-20-7-8-21(2)26(17-20)24-5-4-6-25(18-24)30(28(32)29-13-15-34-16-14-29)19-22-9-11-23(12-10-22)27(31)33-3/h4-12,18,20H,13-17,19H2,1-3H3. The van der Waals surface area contributed by atoms with Crippen LogP contribution in [0.1, 0.15) is 41.8 Å². The molecule has 2 aromatic rings. The molecular formula is C28H32N2O4. The number of hydrogen-bond donors (Lipinski definition) is 0. The summed E-state index contributed by atoms with van der Waals surface area (Å²) in [5.41, 5.74) is 6.00. The Labute approximate surface area is 201 Å². The van der Waals surface area contributed by atoms with Crippen molar-refractivity contribution in [3.05, 3.63) is 82.9 Å². The largest absolute Gasteiger partial charge is 0.465 e. The molecule has 6 heteroatoms. The number of benzene rings is 2. The number of carbonyl (C=O) groups excluding carboxylic acids is 2. The first-order chi connectivity index (χ1) is 16.5. The van der Waals surface area contributed by atoms with Crippen LogP contribution in [0.2, 0.25) is 0 Å². The van der Waals surface area contributed by atoms with Crippen LogP contribution in [0.25, 0.3) is 5.57 Å². The van der Waals surface area contributed by atoms with Crippen LogP contribution in [0.5, 0.6) is 0 Å². The summed E-state index contributed by atoms with van der Waals surface area (Å²) in [6.45, 7) is 7.00. The van der Waals surface area contributed by atoms with Crippen molar-refractivity contribution in [1.29, 1.82) is 0 Å². The summed E-state index contributed by atoms with van der Waals surface area (Å²) in [4.78, 5) is 29.1. The Morgan fingerprint density at radius 1 is 1.12 bits per heavy atom. The number of allylic oxidation sites excluding steroid dienone is 4. The molecule has 0 radical (unpaired) electrons. The number of hydrogen-bond acceptors (Lipinski definition) is 4. The van der Waals surface area contributed by atoms with E-state index in [9.17, 15) is 9.59 Å². The lowest BCUT2D eigenvalue weighted by molar-refractivity contribution is 0.0548. The molecule has 1 aliphatic heterocycles. The van der Waals surface area contributed by atoms with Crippen molar-refractivity contribution in [3.63, 3.8) is 0 Å². The zero-order chi connectivity index (χ0) is 24.1. The fraction of sp³-hybridized carbons (Fsp3) is 0.357. The second-order valence-corrected chi connectivity index (χ2v) is 8.91. The van der Waals surface area contributed by atoms with Crippen LogP contribution in [-0.4, -0.2) is 50.3 Å². The van der Waals surface area contributed by atoms with E-state index in [0.29, 0.717) is 44.3 Å². The van der Waals surface area contributed by atoms with Gasteiger partial charge in [0.25, 0.3) is 0 Å². The van der Waals surface area contributed by atoms with Crippen molar-refractivity contribution in [1.82, 2.24) is 4.90 Å². The van der Waals surface area contributed by atoms with Gasteiger partial charge in [-0.15, -0.1) is 0 Å². The monoisotopic (exact) mass is 460 g/mol. The van der Waals surface area contributed by atoms with Crippen molar-refractivity contribution in [2.75, 3.05) is 38.3 Å². The lowest BCUT2D eigenvalue weighted by atomic mass is 9.87. The third-order valence-corrected chi connectivity index (χ3v) is 6.41. The molecule has 1 aliphatic carbocycles. The molecule has 1 unspecified atom stereocenters. The van der Waals surface area contributed by atoms with Crippen LogP contribution >= 0.6 is 0 Å². The maximum Gasteiger partial charge on any atom is 0.337 e. The summed E-state index contributed by atoms with van der Waals surface area (Å²) in [5, 5.41) is 0. The van der Waals surface area contributed by atoms with Crippen LogP contribution < -0.4 is 4.90 Å². The molecule has 6 nitrogen and oxygen atoms in total. The average molecular weight is 461 g/mol. The Hall–Kier alpha value is -3.38. The number of carbonyl (C=O) groups is 2. The fourth-order valence-corrected chi connectivity index (χ4v) is 4.41. The molecule has 2 aromatic carbocycles. The predicted octanol–water partition coefficient (Wildman–Crippen LogP) is 5.30. The van der Waals surface area contributed by atoms with Crippen LogP contribution in [-0.2, 0) is 16.0 Å². The number of anilines is 1. The normalized spacial score (nSPS) is 18.1. The van der Waals surface area contributed by atoms with Crippen molar-refractivity contribution >= 4 is 23.3 Å². The van der Waals surface area contributed by atoms with Gasteiger partial charge in [-0.3, -0.25) is 4.90 Å². The molecule has 0 saturated carbocycles. The average Bonchev–Trinajstić information content (AvgIpc) is 2.88. The third-order valence-electron chi connectivity index (χ3n) is 6.41. The number of esters is 1. The van der Waals surface area contributed by atoms with Crippen LogP contribution in [0, 0.1) is 5.92 Å². The summed E-state index contributed by atoms with van der Waals surface area (Å²) in [6.07, 6.45) is 5.42. The number of methoxy groups -OCH3 is 1. The van der Waals surface area contributed by atoms with Crippen molar-refractivity contribution in [2.45, 2.75) is 26.8 Å². The van der Waals surface area contributed by atoms with Gasteiger partial charge in [0.15, 0.2) is 0 Å². The van der Waals surface area contributed by atoms with E-state index in [4.69, 9.17) is 9.47 Å². The van der Waals surface area contributed by atoms with E-state index < -0.39 is 0 Å². The molecule has 0 N–H and O–H groups in total. The van der Waals surface area contributed by atoms with Gasteiger partial charge in [0, 0.05) is 18.8 Å². The first-order valence-corrected chi connectivity index (χ1v) is 11.8. The molecule has 2 amide bonds. The van der Waals surface area contributed by atoms with Gasteiger partial charge in [-0.2, -0.15) is 0 Å². The Kier molecular flexibility index (Phi) is 7.48. The first-order valence-electron chi connectivity index (χ1n) is 11.8. The number of nitrogens with zero attached hydrogens (tertiary/aromatic N) is 2. The summed E-state index contributed by atoms with van der Waals surface area (Å²) >= 11 is 0. The Morgan fingerprint density at radius 3 is 2.56 bits per heavy atom. The molecule has 1 atom stereocenters. The van der Waals surface area contributed by atoms with Gasteiger partial charge in [-0.05, 0) is 65.8 Å². The van der Waals surface area contributed by atoms with Crippen molar-refractivity contribution in [2.24, 2.45) is 5.92 Å². The Bertz CT molecular complexity index is 1100. The highest BCUT2D eigenvalue weighted by Crippen LogP contribution is 2.33. The molecule has 178 valence electrons. The second-order valence-electron chi connectivity index (χ2n) is 8.91. The van der Waals surface area contributed by atoms with Gasteiger partial charge < -0.3 is 14.4 Å². The van der Waals surface area contributed by atoms with E-state index in [1.54, 1.807) is 12.1 Å². The van der Waals surface area contributed by atoms with E-state index in [-0.39, 0.29) is 12.0 Å². The maximum atomic E-state index is 13.6. The highest BCUT2D eigenvalue weighted by Gasteiger charge is 2.25. The minimum Gasteiger partial charge on any atom is -0.465 e. The molecular weight excluding hydrogens is 428 g/mol. The SMILES string of the molecule is COC(=O)c1ccc(CN(C(=O)N2CCOCC2)c2cccc(C3=C(C)C=CC(C)C3)c2)cc1.